The Morgan fingerprint density at radius 3 is 2.83 bits per heavy atom. The first-order valence-corrected chi connectivity index (χ1v) is 5.82. The maximum atomic E-state index is 11.0. The number of aromatic carboxylic acids is 1. The zero-order chi connectivity index (χ0) is 13.3. The Balaban J connectivity index is 2.54. The SMILES string of the molecule is Cc1c(C(=O)O)sc2ncnc(NCC(N)=O)c12. The van der Waals surface area contributed by atoms with Gasteiger partial charge in [-0.05, 0) is 12.5 Å². The van der Waals surface area contributed by atoms with Crippen LogP contribution in [0.25, 0.3) is 10.2 Å². The summed E-state index contributed by atoms with van der Waals surface area (Å²) in [4.78, 5) is 30.6. The summed E-state index contributed by atoms with van der Waals surface area (Å²) in [7, 11) is 0. The normalized spacial score (nSPS) is 10.5. The number of hydrogen-bond acceptors (Lipinski definition) is 6. The summed E-state index contributed by atoms with van der Waals surface area (Å²) in [5.74, 6) is -1.11. The van der Waals surface area contributed by atoms with Crippen LogP contribution < -0.4 is 11.1 Å². The van der Waals surface area contributed by atoms with Crippen LogP contribution in [-0.4, -0.2) is 33.5 Å². The van der Waals surface area contributed by atoms with Crippen molar-refractivity contribution in [2.45, 2.75) is 6.92 Å². The minimum Gasteiger partial charge on any atom is -0.477 e. The molecule has 0 saturated carbocycles. The fourth-order valence-electron chi connectivity index (χ4n) is 1.58. The van der Waals surface area contributed by atoms with E-state index in [1.807, 2.05) is 0 Å². The van der Waals surface area contributed by atoms with E-state index in [0.29, 0.717) is 21.6 Å². The lowest BCUT2D eigenvalue weighted by Crippen LogP contribution is -2.22. The predicted octanol–water partition coefficient (Wildman–Crippen LogP) is 0.595. The van der Waals surface area contributed by atoms with E-state index in [0.717, 1.165) is 11.3 Å². The van der Waals surface area contributed by atoms with Gasteiger partial charge in [-0.3, -0.25) is 4.79 Å². The maximum absolute atomic E-state index is 11.0. The van der Waals surface area contributed by atoms with E-state index in [2.05, 4.69) is 15.3 Å². The molecule has 0 aliphatic heterocycles. The van der Waals surface area contributed by atoms with Crippen LogP contribution in [0.5, 0.6) is 0 Å². The number of aromatic nitrogens is 2. The molecule has 2 heterocycles. The number of carbonyl (C=O) groups excluding carboxylic acids is 1. The zero-order valence-electron chi connectivity index (χ0n) is 9.43. The van der Waals surface area contributed by atoms with E-state index >= 15 is 0 Å². The molecule has 0 atom stereocenters. The van der Waals surface area contributed by atoms with Gasteiger partial charge in [0.2, 0.25) is 5.91 Å². The summed E-state index contributed by atoms with van der Waals surface area (Å²) in [6.07, 6.45) is 1.31. The van der Waals surface area contributed by atoms with Gasteiger partial charge in [0.05, 0.1) is 11.9 Å². The number of amides is 1. The van der Waals surface area contributed by atoms with Crippen molar-refractivity contribution in [1.29, 1.82) is 0 Å². The summed E-state index contributed by atoms with van der Waals surface area (Å²) in [6.45, 7) is 1.62. The molecule has 2 rings (SSSR count). The third-order valence-corrected chi connectivity index (χ3v) is 3.54. The Morgan fingerprint density at radius 1 is 1.50 bits per heavy atom. The lowest BCUT2D eigenvalue weighted by Gasteiger charge is -2.04. The number of nitrogens with zero attached hydrogens (tertiary/aromatic N) is 2. The molecule has 0 fully saturated rings. The lowest BCUT2D eigenvalue weighted by atomic mass is 10.2. The van der Waals surface area contributed by atoms with E-state index in [9.17, 15) is 9.59 Å². The van der Waals surface area contributed by atoms with E-state index in [4.69, 9.17) is 10.8 Å². The molecule has 0 unspecified atom stereocenters. The van der Waals surface area contributed by atoms with Crippen molar-refractivity contribution in [3.8, 4) is 0 Å². The van der Waals surface area contributed by atoms with Crippen LogP contribution in [-0.2, 0) is 4.79 Å². The topological polar surface area (TPSA) is 118 Å². The summed E-state index contributed by atoms with van der Waals surface area (Å²) >= 11 is 1.07. The lowest BCUT2D eigenvalue weighted by molar-refractivity contribution is -0.116. The minimum absolute atomic E-state index is 0.0657. The second-order valence-corrected chi connectivity index (χ2v) is 4.58. The molecule has 7 nitrogen and oxygen atoms in total. The first kappa shape index (κ1) is 12.2. The highest BCUT2D eigenvalue weighted by molar-refractivity contribution is 7.20. The Hall–Kier alpha value is -2.22. The largest absolute Gasteiger partial charge is 0.477 e. The predicted molar refractivity (Wildman–Crippen MR) is 66.8 cm³/mol. The Labute approximate surface area is 106 Å². The fourth-order valence-corrected chi connectivity index (χ4v) is 2.57. The molecule has 94 valence electrons. The first-order valence-electron chi connectivity index (χ1n) is 5.00. The molecule has 0 aliphatic rings. The van der Waals surface area contributed by atoms with Crippen molar-refractivity contribution in [1.82, 2.24) is 9.97 Å². The molecule has 0 aromatic carbocycles. The van der Waals surface area contributed by atoms with Crippen LogP contribution in [0.15, 0.2) is 6.33 Å². The molecule has 18 heavy (non-hydrogen) atoms. The molecule has 0 aliphatic carbocycles. The van der Waals surface area contributed by atoms with Crippen molar-refractivity contribution in [3.63, 3.8) is 0 Å². The van der Waals surface area contributed by atoms with Crippen LogP contribution in [0.1, 0.15) is 15.2 Å². The van der Waals surface area contributed by atoms with Gasteiger partial charge in [0.15, 0.2) is 0 Å². The van der Waals surface area contributed by atoms with Gasteiger partial charge >= 0.3 is 5.97 Å². The molecule has 0 saturated heterocycles. The van der Waals surface area contributed by atoms with Crippen LogP contribution in [0, 0.1) is 6.92 Å². The molecule has 2 aromatic rings. The third kappa shape index (κ3) is 2.09. The average Bonchev–Trinajstić information content (AvgIpc) is 2.65. The van der Waals surface area contributed by atoms with E-state index in [1.54, 1.807) is 6.92 Å². The third-order valence-electron chi connectivity index (χ3n) is 2.35. The Kier molecular flexibility index (Phi) is 3.11. The quantitative estimate of drug-likeness (QED) is 0.745. The van der Waals surface area contributed by atoms with Gasteiger partial charge < -0.3 is 16.2 Å². The van der Waals surface area contributed by atoms with E-state index < -0.39 is 11.9 Å². The monoisotopic (exact) mass is 266 g/mol. The molecule has 4 N–H and O–H groups in total. The maximum Gasteiger partial charge on any atom is 0.346 e. The summed E-state index contributed by atoms with van der Waals surface area (Å²) < 4.78 is 0. The number of carboxylic acid groups (broad SMARTS) is 1. The van der Waals surface area contributed by atoms with Crippen LogP contribution >= 0.6 is 11.3 Å². The number of carbonyl (C=O) groups is 2. The highest BCUT2D eigenvalue weighted by Gasteiger charge is 2.18. The van der Waals surface area contributed by atoms with Crippen molar-refractivity contribution in [2.24, 2.45) is 5.73 Å². The molecule has 0 radical (unpaired) electrons. The number of anilines is 1. The van der Waals surface area contributed by atoms with Gasteiger partial charge in [0.1, 0.15) is 21.9 Å². The van der Waals surface area contributed by atoms with Crippen LogP contribution in [0.2, 0.25) is 0 Å². The molecule has 1 amide bonds. The molecule has 2 aromatic heterocycles. The molecule has 8 heteroatoms. The fraction of sp³-hybridized carbons (Fsp3) is 0.200. The highest BCUT2D eigenvalue weighted by Crippen LogP contribution is 2.32. The second kappa shape index (κ2) is 4.57. The summed E-state index contributed by atoms with van der Waals surface area (Å²) in [5, 5.41) is 12.4. The van der Waals surface area contributed by atoms with Gasteiger partial charge in [-0.1, -0.05) is 0 Å². The van der Waals surface area contributed by atoms with E-state index in [1.165, 1.54) is 6.33 Å². The average molecular weight is 266 g/mol. The molecular formula is C10H10N4O3S. The van der Waals surface area contributed by atoms with Gasteiger partial charge in [-0.15, -0.1) is 11.3 Å². The number of hydrogen-bond donors (Lipinski definition) is 3. The number of fused-ring (bicyclic) bond motifs is 1. The van der Waals surface area contributed by atoms with Crippen LogP contribution in [0.3, 0.4) is 0 Å². The number of primary amides is 1. The van der Waals surface area contributed by atoms with Gasteiger partial charge in [-0.25, -0.2) is 14.8 Å². The van der Waals surface area contributed by atoms with Crippen molar-refractivity contribution in [3.05, 3.63) is 16.8 Å². The van der Waals surface area contributed by atoms with Gasteiger partial charge in [0.25, 0.3) is 0 Å². The molecule has 0 spiro atoms. The molecule has 0 bridgehead atoms. The van der Waals surface area contributed by atoms with Crippen molar-refractivity contribution < 1.29 is 14.7 Å². The van der Waals surface area contributed by atoms with Crippen molar-refractivity contribution >= 4 is 39.2 Å². The second-order valence-electron chi connectivity index (χ2n) is 3.58. The van der Waals surface area contributed by atoms with Gasteiger partial charge in [0, 0.05) is 0 Å². The summed E-state index contributed by atoms with van der Waals surface area (Å²) in [6, 6.07) is 0. The number of aryl methyl sites for hydroxylation is 1. The van der Waals surface area contributed by atoms with Gasteiger partial charge in [-0.2, -0.15) is 0 Å². The summed E-state index contributed by atoms with van der Waals surface area (Å²) in [5.41, 5.74) is 5.62. The minimum atomic E-state index is -1.00. The first-order chi connectivity index (χ1) is 8.50. The number of rotatable bonds is 4. The Morgan fingerprint density at radius 2 is 2.22 bits per heavy atom. The smallest absolute Gasteiger partial charge is 0.346 e. The van der Waals surface area contributed by atoms with Crippen LogP contribution in [0.4, 0.5) is 5.82 Å². The molecular weight excluding hydrogens is 256 g/mol. The van der Waals surface area contributed by atoms with Crippen molar-refractivity contribution in [2.75, 3.05) is 11.9 Å². The zero-order valence-corrected chi connectivity index (χ0v) is 10.2. The number of carboxylic acids is 1. The standard InChI is InChI=1S/C10H10N4O3S/c1-4-6-8(12-2-5(11)15)13-3-14-9(6)18-7(4)10(16)17/h3H,2H2,1H3,(H2,11,15)(H,16,17)(H,12,13,14). The van der Waals surface area contributed by atoms with E-state index in [-0.39, 0.29) is 11.4 Å². The number of nitrogens with two attached hydrogens (primary N) is 1. The highest BCUT2D eigenvalue weighted by atomic mass is 32.1. The number of nitrogens with one attached hydrogen (secondary N) is 1. The number of thiophene rings is 1. The Bertz CT molecular complexity index is 637.